The summed E-state index contributed by atoms with van der Waals surface area (Å²) in [6, 6.07) is 7.48. The van der Waals surface area contributed by atoms with Gasteiger partial charge in [-0.15, -0.1) is 0 Å². The molecule has 2 fully saturated rings. The number of aromatic nitrogens is 1. The Hall–Kier alpha value is -1.60. The number of amides is 1. The zero-order valence-electron chi connectivity index (χ0n) is 16.7. The van der Waals surface area contributed by atoms with E-state index in [1.54, 1.807) is 0 Å². The molecule has 4 rings (SSSR count). The Kier molecular flexibility index (Phi) is 4.94. The number of likely N-dealkylation sites (N-methyl/N-ethyl adjacent to an activating group) is 1. The predicted octanol–water partition coefficient (Wildman–Crippen LogP) is 2.90. The molecule has 0 unspecified atom stereocenters. The first-order valence-electron chi connectivity index (χ1n) is 9.79. The summed E-state index contributed by atoms with van der Waals surface area (Å²) in [5, 5.41) is 12.3. The molecule has 6 nitrogen and oxygen atoms in total. The van der Waals surface area contributed by atoms with Crippen LogP contribution in [0.4, 0.5) is 0 Å². The summed E-state index contributed by atoms with van der Waals surface area (Å²) in [6.45, 7) is 3.46. The minimum absolute atomic E-state index is 0.00846. The summed E-state index contributed by atoms with van der Waals surface area (Å²) in [6.07, 6.45) is 2.34. The fourth-order valence-corrected chi connectivity index (χ4v) is 4.80. The molecule has 2 aromatic rings. The fraction of sp³-hybridized carbons (Fsp3) is 0.571. The maximum atomic E-state index is 13.0. The van der Waals surface area contributed by atoms with Crippen LogP contribution in [0.25, 0.3) is 10.9 Å². The number of fused-ring (bicyclic) bond motifs is 1. The largest absolute Gasteiger partial charge is 0.386 e. The first-order chi connectivity index (χ1) is 13.2. The van der Waals surface area contributed by atoms with E-state index in [9.17, 15) is 9.90 Å². The van der Waals surface area contributed by atoms with Crippen LogP contribution in [0.1, 0.15) is 36.7 Å². The number of ether oxygens (including phenoxy) is 1. The Morgan fingerprint density at radius 2 is 2.04 bits per heavy atom. The number of nitrogens with one attached hydrogen (secondary N) is 1. The molecule has 2 aliphatic heterocycles. The third-order valence-corrected chi connectivity index (χ3v) is 6.59. The van der Waals surface area contributed by atoms with Gasteiger partial charge in [0.2, 0.25) is 0 Å². The quantitative estimate of drug-likeness (QED) is 0.806. The minimum atomic E-state index is -0.854. The van der Waals surface area contributed by atoms with E-state index in [1.165, 1.54) is 0 Å². The van der Waals surface area contributed by atoms with Crippen molar-refractivity contribution in [3.05, 3.63) is 35.0 Å². The third kappa shape index (κ3) is 3.54. The van der Waals surface area contributed by atoms with E-state index in [2.05, 4.69) is 9.88 Å². The van der Waals surface area contributed by atoms with E-state index in [0.29, 0.717) is 30.4 Å². The highest BCUT2D eigenvalue weighted by Gasteiger charge is 2.49. The van der Waals surface area contributed by atoms with Gasteiger partial charge in [0.15, 0.2) is 0 Å². The molecule has 1 amide bonds. The van der Waals surface area contributed by atoms with Crippen LogP contribution >= 0.6 is 11.6 Å². The smallest absolute Gasteiger partial charge is 0.270 e. The number of aromatic amines is 1. The standard InChI is InChI=1S/C21H28ClN3O3/c1-20(27)13-28-21(12-18(20)24(2)3)6-8-25(9-7-21)19(26)17-11-14-10-15(22)4-5-16(14)23-17/h4-5,10-11,18,23,27H,6-9,12-13H2,1-3H3/t18-,20-/m0/s1. The Morgan fingerprint density at radius 3 is 2.71 bits per heavy atom. The first kappa shape index (κ1) is 19.7. The summed E-state index contributed by atoms with van der Waals surface area (Å²) in [5.74, 6) is 0.00846. The first-order valence-corrected chi connectivity index (χ1v) is 10.2. The maximum absolute atomic E-state index is 13.0. The molecule has 2 atom stereocenters. The van der Waals surface area contributed by atoms with Crippen LogP contribution < -0.4 is 0 Å². The maximum Gasteiger partial charge on any atom is 0.270 e. The lowest BCUT2D eigenvalue weighted by Gasteiger charge is -2.52. The van der Waals surface area contributed by atoms with Crippen molar-refractivity contribution in [2.75, 3.05) is 33.8 Å². The summed E-state index contributed by atoms with van der Waals surface area (Å²) in [4.78, 5) is 20.1. The second-order valence-electron chi connectivity index (χ2n) is 8.72. The molecule has 0 saturated carbocycles. The summed E-state index contributed by atoms with van der Waals surface area (Å²) >= 11 is 6.05. The number of rotatable bonds is 2. The van der Waals surface area contributed by atoms with Gasteiger partial charge in [0, 0.05) is 35.1 Å². The number of likely N-dealkylation sites (tertiary alicyclic amines) is 1. The van der Waals surface area contributed by atoms with Gasteiger partial charge in [-0.2, -0.15) is 0 Å². The van der Waals surface area contributed by atoms with Crippen molar-refractivity contribution in [2.24, 2.45) is 0 Å². The molecule has 1 aromatic carbocycles. The van der Waals surface area contributed by atoms with Gasteiger partial charge in [0.1, 0.15) is 11.3 Å². The molecular weight excluding hydrogens is 378 g/mol. The van der Waals surface area contributed by atoms with Crippen molar-refractivity contribution in [2.45, 2.75) is 43.4 Å². The zero-order chi connectivity index (χ0) is 20.1. The average molecular weight is 406 g/mol. The van der Waals surface area contributed by atoms with Gasteiger partial charge >= 0.3 is 0 Å². The van der Waals surface area contributed by atoms with E-state index < -0.39 is 5.60 Å². The summed E-state index contributed by atoms with van der Waals surface area (Å²) in [7, 11) is 4.00. The molecule has 0 radical (unpaired) electrons. The number of aliphatic hydroxyl groups is 1. The highest BCUT2D eigenvalue weighted by Crippen LogP contribution is 2.40. The van der Waals surface area contributed by atoms with Crippen molar-refractivity contribution in [1.29, 1.82) is 0 Å². The Labute approximate surface area is 170 Å². The van der Waals surface area contributed by atoms with E-state index in [-0.39, 0.29) is 17.6 Å². The SMILES string of the molecule is CN(C)[C@H]1CC2(CCN(C(=O)c3cc4cc(Cl)ccc4[nH]3)CC2)OC[C@]1(C)O. The lowest BCUT2D eigenvalue weighted by molar-refractivity contribution is -0.205. The van der Waals surface area contributed by atoms with Crippen molar-refractivity contribution < 1.29 is 14.6 Å². The predicted molar refractivity (Wildman–Crippen MR) is 110 cm³/mol. The van der Waals surface area contributed by atoms with Crippen molar-refractivity contribution in [3.8, 4) is 0 Å². The molecular formula is C21H28ClN3O3. The van der Waals surface area contributed by atoms with Crippen molar-refractivity contribution in [3.63, 3.8) is 0 Å². The van der Waals surface area contributed by atoms with Crippen LogP contribution in [0, 0.1) is 0 Å². The number of H-pyrrole nitrogens is 1. The average Bonchev–Trinajstić information content (AvgIpc) is 3.07. The minimum Gasteiger partial charge on any atom is -0.386 e. The van der Waals surface area contributed by atoms with Gasteiger partial charge in [-0.1, -0.05) is 11.6 Å². The number of hydrogen-bond acceptors (Lipinski definition) is 4. The van der Waals surface area contributed by atoms with Gasteiger partial charge in [0.25, 0.3) is 5.91 Å². The van der Waals surface area contributed by atoms with Gasteiger partial charge in [-0.05, 0) is 64.5 Å². The number of nitrogens with zero attached hydrogens (tertiary/aromatic N) is 2. The molecule has 3 heterocycles. The lowest BCUT2D eigenvalue weighted by Crippen LogP contribution is -2.63. The number of carbonyl (C=O) groups is 1. The van der Waals surface area contributed by atoms with Crippen LogP contribution in [0.15, 0.2) is 24.3 Å². The topological polar surface area (TPSA) is 68.8 Å². The molecule has 152 valence electrons. The van der Waals surface area contributed by atoms with Gasteiger partial charge in [-0.3, -0.25) is 4.79 Å². The second-order valence-corrected chi connectivity index (χ2v) is 9.16. The number of halogens is 1. The second kappa shape index (κ2) is 7.02. The van der Waals surface area contributed by atoms with Crippen LogP contribution in [0.2, 0.25) is 5.02 Å². The molecule has 2 N–H and O–H groups in total. The number of benzene rings is 1. The van der Waals surface area contributed by atoms with Crippen molar-refractivity contribution in [1.82, 2.24) is 14.8 Å². The molecule has 2 saturated heterocycles. The van der Waals surface area contributed by atoms with Crippen LogP contribution in [-0.4, -0.2) is 76.8 Å². The van der Waals surface area contributed by atoms with E-state index in [1.807, 2.05) is 50.2 Å². The van der Waals surface area contributed by atoms with Crippen LogP contribution in [-0.2, 0) is 4.74 Å². The molecule has 2 aliphatic rings. The zero-order valence-corrected chi connectivity index (χ0v) is 17.4. The molecule has 0 aliphatic carbocycles. The van der Waals surface area contributed by atoms with E-state index >= 15 is 0 Å². The highest BCUT2D eigenvalue weighted by atomic mass is 35.5. The van der Waals surface area contributed by atoms with Gasteiger partial charge < -0.3 is 24.6 Å². The number of piperidine rings is 1. The molecule has 28 heavy (non-hydrogen) atoms. The van der Waals surface area contributed by atoms with Gasteiger partial charge in [0.05, 0.1) is 12.2 Å². The monoisotopic (exact) mass is 405 g/mol. The molecule has 1 aromatic heterocycles. The Bertz CT molecular complexity index is 884. The normalized spacial score (nSPS) is 27.6. The summed E-state index contributed by atoms with van der Waals surface area (Å²) < 4.78 is 6.16. The van der Waals surface area contributed by atoms with E-state index in [0.717, 1.165) is 30.2 Å². The van der Waals surface area contributed by atoms with Crippen LogP contribution in [0.3, 0.4) is 0 Å². The lowest BCUT2D eigenvalue weighted by atomic mass is 9.77. The van der Waals surface area contributed by atoms with E-state index in [4.69, 9.17) is 16.3 Å². The Morgan fingerprint density at radius 1 is 1.32 bits per heavy atom. The Balaban J connectivity index is 1.45. The number of hydrogen-bond donors (Lipinski definition) is 2. The summed E-state index contributed by atoms with van der Waals surface area (Å²) in [5.41, 5.74) is 0.384. The van der Waals surface area contributed by atoms with Crippen molar-refractivity contribution >= 4 is 28.4 Å². The molecule has 0 bridgehead atoms. The number of carbonyl (C=O) groups excluding carboxylic acids is 1. The van der Waals surface area contributed by atoms with Gasteiger partial charge in [-0.25, -0.2) is 0 Å². The fourth-order valence-electron chi connectivity index (χ4n) is 4.62. The molecule has 7 heteroatoms. The third-order valence-electron chi connectivity index (χ3n) is 6.35. The molecule has 1 spiro atoms. The van der Waals surface area contributed by atoms with Crippen LogP contribution in [0.5, 0.6) is 0 Å². The highest BCUT2D eigenvalue weighted by molar-refractivity contribution is 6.31.